The molecule has 0 amide bonds. The molecular weight excluding hydrogens is 224 g/mol. The molecule has 4 heteroatoms. The standard InChI is InChI=1S/C8H11BrO3/c1-8(11)4-2-3-5(9)6(4)12-7(8)10/h4-6,11H,2-3H2,1H3/t4-,5-,6-,8-/m1/s1. The fourth-order valence-corrected chi connectivity index (χ4v) is 2.81. The van der Waals surface area contributed by atoms with Gasteiger partial charge in [-0.2, -0.15) is 0 Å². The molecule has 1 N–H and O–H groups in total. The fraction of sp³-hybridized carbons (Fsp3) is 0.875. The Morgan fingerprint density at radius 1 is 1.67 bits per heavy atom. The van der Waals surface area contributed by atoms with E-state index < -0.39 is 11.6 Å². The Kier molecular flexibility index (Phi) is 1.74. The van der Waals surface area contributed by atoms with Crippen molar-refractivity contribution >= 4 is 21.9 Å². The molecule has 12 heavy (non-hydrogen) atoms. The second-order valence-electron chi connectivity index (χ2n) is 3.72. The second-order valence-corrected chi connectivity index (χ2v) is 4.89. The van der Waals surface area contributed by atoms with Crippen molar-refractivity contribution in [1.29, 1.82) is 0 Å². The van der Waals surface area contributed by atoms with E-state index in [2.05, 4.69) is 15.9 Å². The minimum atomic E-state index is -1.26. The normalized spacial score (nSPS) is 52.2. The summed E-state index contributed by atoms with van der Waals surface area (Å²) in [7, 11) is 0. The molecular formula is C8H11BrO3. The van der Waals surface area contributed by atoms with Crippen molar-refractivity contribution in [2.75, 3.05) is 0 Å². The Hall–Kier alpha value is -0.0900. The highest BCUT2D eigenvalue weighted by Gasteiger charge is 2.57. The summed E-state index contributed by atoms with van der Waals surface area (Å²) in [5.41, 5.74) is -1.26. The minimum absolute atomic E-state index is 0.0191. The summed E-state index contributed by atoms with van der Waals surface area (Å²) in [4.78, 5) is 11.4. The van der Waals surface area contributed by atoms with Crippen molar-refractivity contribution in [3.63, 3.8) is 0 Å². The van der Waals surface area contributed by atoms with E-state index in [9.17, 15) is 9.90 Å². The average Bonchev–Trinajstić information content (AvgIpc) is 2.41. The van der Waals surface area contributed by atoms with Gasteiger partial charge in [0.15, 0.2) is 5.60 Å². The van der Waals surface area contributed by atoms with Crippen LogP contribution in [0.2, 0.25) is 0 Å². The predicted octanol–water partition coefficient (Wildman–Crippen LogP) is 0.836. The lowest BCUT2D eigenvalue weighted by atomic mass is 9.89. The van der Waals surface area contributed by atoms with E-state index >= 15 is 0 Å². The van der Waals surface area contributed by atoms with Crippen LogP contribution in [0.1, 0.15) is 19.8 Å². The summed E-state index contributed by atoms with van der Waals surface area (Å²) in [6, 6.07) is 0. The molecule has 0 radical (unpaired) electrons. The number of aliphatic hydroxyl groups is 1. The molecule has 68 valence electrons. The molecule has 0 aromatic heterocycles. The van der Waals surface area contributed by atoms with Gasteiger partial charge in [-0.3, -0.25) is 0 Å². The van der Waals surface area contributed by atoms with Gasteiger partial charge in [-0.1, -0.05) is 15.9 Å². The highest BCUT2D eigenvalue weighted by Crippen LogP contribution is 2.45. The lowest BCUT2D eigenvalue weighted by Gasteiger charge is -2.17. The first kappa shape index (κ1) is 8.51. The van der Waals surface area contributed by atoms with Gasteiger partial charge in [0.05, 0.1) is 4.83 Å². The van der Waals surface area contributed by atoms with E-state index in [1.165, 1.54) is 0 Å². The maximum absolute atomic E-state index is 11.2. The number of esters is 1. The summed E-state index contributed by atoms with van der Waals surface area (Å²) < 4.78 is 5.08. The summed E-state index contributed by atoms with van der Waals surface area (Å²) in [6.07, 6.45) is 1.71. The topological polar surface area (TPSA) is 46.5 Å². The van der Waals surface area contributed by atoms with Crippen LogP contribution in [-0.2, 0) is 9.53 Å². The molecule has 3 nitrogen and oxygen atoms in total. The molecule has 0 bridgehead atoms. The van der Waals surface area contributed by atoms with Crippen LogP contribution < -0.4 is 0 Å². The molecule has 2 aliphatic rings. The van der Waals surface area contributed by atoms with Crippen LogP contribution in [0.15, 0.2) is 0 Å². The van der Waals surface area contributed by atoms with Gasteiger partial charge < -0.3 is 9.84 Å². The van der Waals surface area contributed by atoms with Crippen molar-refractivity contribution in [3.05, 3.63) is 0 Å². The number of alkyl halides is 1. The molecule has 1 heterocycles. The van der Waals surface area contributed by atoms with E-state index in [4.69, 9.17) is 4.74 Å². The summed E-state index contributed by atoms with van der Waals surface area (Å²) in [6.45, 7) is 1.55. The fourth-order valence-electron chi connectivity index (χ4n) is 2.07. The van der Waals surface area contributed by atoms with Gasteiger partial charge in [-0.05, 0) is 19.8 Å². The van der Waals surface area contributed by atoms with Crippen molar-refractivity contribution in [1.82, 2.24) is 0 Å². The molecule has 2 rings (SSSR count). The van der Waals surface area contributed by atoms with E-state index in [0.717, 1.165) is 12.8 Å². The van der Waals surface area contributed by atoms with Crippen LogP contribution in [0, 0.1) is 5.92 Å². The van der Waals surface area contributed by atoms with Crippen LogP contribution in [0.3, 0.4) is 0 Å². The lowest BCUT2D eigenvalue weighted by Crippen LogP contribution is -2.37. The van der Waals surface area contributed by atoms with Crippen LogP contribution in [0.4, 0.5) is 0 Å². The molecule has 4 atom stereocenters. The zero-order valence-electron chi connectivity index (χ0n) is 6.79. The zero-order valence-corrected chi connectivity index (χ0v) is 8.37. The number of halogens is 1. The molecule has 1 saturated heterocycles. The average molecular weight is 235 g/mol. The van der Waals surface area contributed by atoms with Crippen molar-refractivity contribution in [2.45, 2.75) is 36.3 Å². The zero-order chi connectivity index (χ0) is 8.93. The van der Waals surface area contributed by atoms with Gasteiger partial charge in [0, 0.05) is 5.92 Å². The molecule has 2 fully saturated rings. The van der Waals surface area contributed by atoms with Gasteiger partial charge >= 0.3 is 5.97 Å². The number of hydrogen-bond donors (Lipinski definition) is 1. The van der Waals surface area contributed by atoms with E-state index in [-0.39, 0.29) is 16.8 Å². The van der Waals surface area contributed by atoms with Gasteiger partial charge in [-0.15, -0.1) is 0 Å². The molecule has 0 aromatic rings. The second kappa shape index (κ2) is 2.45. The van der Waals surface area contributed by atoms with Crippen molar-refractivity contribution < 1.29 is 14.6 Å². The highest BCUT2D eigenvalue weighted by molar-refractivity contribution is 9.09. The molecule has 1 saturated carbocycles. The number of carbonyl (C=O) groups excluding carboxylic acids is 1. The Labute approximate surface area is 79.2 Å². The minimum Gasteiger partial charge on any atom is -0.459 e. The third-order valence-electron chi connectivity index (χ3n) is 2.88. The Balaban J connectivity index is 2.27. The first-order valence-corrected chi connectivity index (χ1v) is 5.02. The molecule has 1 aliphatic carbocycles. The van der Waals surface area contributed by atoms with Gasteiger partial charge in [0.2, 0.25) is 0 Å². The maximum atomic E-state index is 11.2. The van der Waals surface area contributed by atoms with E-state index in [1.54, 1.807) is 6.92 Å². The van der Waals surface area contributed by atoms with Crippen molar-refractivity contribution in [3.8, 4) is 0 Å². The molecule has 0 spiro atoms. The van der Waals surface area contributed by atoms with Gasteiger partial charge in [0.1, 0.15) is 6.10 Å². The molecule has 0 aromatic carbocycles. The Morgan fingerprint density at radius 2 is 2.33 bits per heavy atom. The van der Waals surface area contributed by atoms with Crippen LogP contribution in [0.25, 0.3) is 0 Å². The third-order valence-corrected chi connectivity index (χ3v) is 3.86. The number of hydrogen-bond acceptors (Lipinski definition) is 3. The molecule has 0 unspecified atom stereocenters. The highest BCUT2D eigenvalue weighted by atomic mass is 79.9. The first-order valence-electron chi connectivity index (χ1n) is 4.11. The smallest absolute Gasteiger partial charge is 0.338 e. The predicted molar refractivity (Wildman–Crippen MR) is 45.9 cm³/mol. The quantitative estimate of drug-likeness (QED) is 0.499. The number of ether oxygens (including phenoxy) is 1. The molecule has 1 aliphatic heterocycles. The van der Waals surface area contributed by atoms with E-state index in [0.29, 0.717) is 0 Å². The summed E-state index contributed by atoms with van der Waals surface area (Å²) >= 11 is 3.44. The van der Waals surface area contributed by atoms with Crippen LogP contribution in [0.5, 0.6) is 0 Å². The number of carbonyl (C=O) groups is 1. The van der Waals surface area contributed by atoms with E-state index in [1.807, 2.05) is 0 Å². The number of fused-ring (bicyclic) bond motifs is 1. The third kappa shape index (κ3) is 0.941. The van der Waals surface area contributed by atoms with Crippen molar-refractivity contribution in [2.24, 2.45) is 5.92 Å². The van der Waals surface area contributed by atoms with Crippen LogP contribution in [-0.4, -0.2) is 27.6 Å². The van der Waals surface area contributed by atoms with Gasteiger partial charge in [0.25, 0.3) is 0 Å². The lowest BCUT2D eigenvalue weighted by molar-refractivity contribution is -0.154. The number of rotatable bonds is 0. The Morgan fingerprint density at radius 3 is 2.92 bits per heavy atom. The Bertz CT molecular complexity index is 226. The monoisotopic (exact) mass is 234 g/mol. The summed E-state index contributed by atoms with van der Waals surface area (Å²) in [5.74, 6) is -0.490. The summed E-state index contributed by atoms with van der Waals surface area (Å²) in [5, 5.41) is 9.76. The largest absolute Gasteiger partial charge is 0.459 e. The maximum Gasteiger partial charge on any atom is 0.338 e. The van der Waals surface area contributed by atoms with Gasteiger partial charge in [-0.25, -0.2) is 4.79 Å². The van der Waals surface area contributed by atoms with Crippen LogP contribution >= 0.6 is 15.9 Å². The first-order chi connectivity index (χ1) is 5.53. The SMILES string of the molecule is C[C@]1(O)C(=O)O[C@H]2[C@H](Br)CC[C@H]21.